The molecule has 1 nitrogen and oxygen atoms in total. The lowest BCUT2D eigenvalue weighted by Gasteiger charge is -1.98. The lowest BCUT2D eigenvalue weighted by Crippen LogP contribution is -1.92. The molecule has 0 bridgehead atoms. The molecule has 11 heavy (non-hydrogen) atoms. The summed E-state index contributed by atoms with van der Waals surface area (Å²) in [7, 11) is 0. The molecule has 0 radical (unpaired) electrons. The first-order chi connectivity index (χ1) is 5.29. The standard InChI is InChI=1S/C9H8OS/c10-7-5-4-6-2-1-3-8(11)9(6)7/h1-3,11H,4-5H2. The normalized spacial score (nSPS) is 15.2. The van der Waals surface area contributed by atoms with Gasteiger partial charge in [-0.15, -0.1) is 12.6 Å². The fraction of sp³-hybridized carbons (Fsp3) is 0.222. The van der Waals surface area contributed by atoms with Gasteiger partial charge in [0.1, 0.15) is 0 Å². The second-order valence-corrected chi connectivity index (χ2v) is 3.22. The summed E-state index contributed by atoms with van der Waals surface area (Å²) in [5.74, 6) is 0.241. The summed E-state index contributed by atoms with van der Waals surface area (Å²) < 4.78 is 0. The molecule has 0 N–H and O–H groups in total. The molecule has 56 valence electrons. The summed E-state index contributed by atoms with van der Waals surface area (Å²) >= 11 is 4.23. The van der Waals surface area contributed by atoms with Crippen LogP contribution in [-0.2, 0) is 6.42 Å². The van der Waals surface area contributed by atoms with Crippen molar-refractivity contribution in [2.75, 3.05) is 0 Å². The van der Waals surface area contributed by atoms with Crippen molar-refractivity contribution < 1.29 is 4.79 Å². The van der Waals surface area contributed by atoms with E-state index in [2.05, 4.69) is 12.6 Å². The number of Topliss-reactive ketones (excluding diaryl/α,β-unsaturated/α-hetero) is 1. The fourth-order valence-corrected chi connectivity index (χ4v) is 1.84. The topological polar surface area (TPSA) is 17.1 Å². The quantitative estimate of drug-likeness (QED) is 0.581. The van der Waals surface area contributed by atoms with Gasteiger partial charge in [-0.3, -0.25) is 4.79 Å². The minimum absolute atomic E-state index is 0.241. The van der Waals surface area contributed by atoms with Gasteiger partial charge in [0, 0.05) is 16.9 Å². The van der Waals surface area contributed by atoms with E-state index in [9.17, 15) is 4.79 Å². The number of carbonyl (C=O) groups excluding carboxylic acids is 1. The van der Waals surface area contributed by atoms with Crippen LogP contribution in [0, 0.1) is 0 Å². The fourth-order valence-electron chi connectivity index (χ4n) is 1.49. The zero-order valence-electron chi connectivity index (χ0n) is 6.00. The van der Waals surface area contributed by atoms with Crippen LogP contribution in [0.3, 0.4) is 0 Å². The number of thiol groups is 1. The summed E-state index contributed by atoms with van der Waals surface area (Å²) in [6.45, 7) is 0. The molecule has 0 spiro atoms. The summed E-state index contributed by atoms with van der Waals surface area (Å²) in [6, 6.07) is 5.81. The van der Waals surface area contributed by atoms with Crippen molar-refractivity contribution in [2.45, 2.75) is 17.7 Å². The SMILES string of the molecule is O=C1CCc2cccc(S)c21. The maximum Gasteiger partial charge on any atom is 0.164 e. The van der Waals surface area contributed by atoms with E-state index in [1.54, 1.807) is 0 Å². The molecular formula is C9H8OS. The third kappa shape index (κ3) is 0.979. The molecule has 1 aromatic carbocycles. The molecule has 2 rings (SSSR count). The first-order valence-electron chi connectivity index (χ1n) is 3.63. The number of ketones is 1. The van der Waals surface area contributed by atoms with E-state index in [0.717, 1.165) is 22.4 Å². The van der Waals surface area contributed by atoms with Gasteiger partial charge in [0.15, 0.2) is 5.78 Å². The van der Waals surface area contributed by atoms with Crippen molar-refractivity contribution in [1.29, 1.82) is 0 Å². The molecule has 0 heterocycles. The Hall–Kier alpha value is -0.760. The Morgan fingerprint density at radius 1 is 1.27 bits per heavy atom. The van der Waals surface area contributed by atoms with E-state index in [4.69, 9.17) is 0 Å². The van der Waals surface area contributed by atoms with E-state index >= 15 is 0 Å². The van der Waals surface area contributed by atoms with Crippen LogP contribution in [-0.4, -0.2) is 5.78 Å². The number of hydrogen-bond acceptors (Lipinski definition) is 2. The van der Waals surface area contributed by atoms with Crippen LogP contribution < -0.4 is 0 Å². The molecule has 1 aromatic rings. The molecule has 0 fully saturated rings. The van der Waals surface area contributed by atoms with E-state index in [1.165, 1.54) is 0 Å². The van der Waals surface area contributed by atoms with Crippen LogP contribution in [0.4, 0.5) is 0 Å². The van der Waals surface area contributed by atoms with Gasteiger partial charge in [-0.1, -0.05) is 12.1 Å². The van der Waals surface area contributed by atoms with Crippen LogP contribution in [0.15, 0.2) is 23.1 Å². The molecule has 0 unspecified atom stereocenters. The van der Waals surface area contributed by atoms with Gasteiger partial charge in [-0.05, 0) is 18.1 Å². The molecule has 1 aliphatic carbocycles. The largest absolute Gasteiger partial charge is 0.294 e. The zero-order valence-corrected chi connectivity index (χ0v) is 6.90. The molecule has 0 atom stereocenters. The minimum atomic E-state index is 0.241. The van der Waals surface area contributed by atoms with Crippen molar-refractivity contribution >= 4 is 18.4 Å². The van der Waals surface area contributed by atoms with Crippen molar-refractivity contribution in [3.63, 3.8) is 0 Å². The van der Waals surface area contributed by atoms with Crippen molar-refractivity contribution in [3.05, 3.63) is 29.3 Å². The number of hydrogen-bond donors (Lipinski definition) is 1. The molecule has 0 amide bonds. The number of aryl methyl sites for hydroxylation is 1. The average molecular weight is 164 g/mol. The summed E-state index contributed by atoms with van der Waals surface area (Å²) in [5, 5.41) is 0. The summed E-state index contributed by atoms with van der Waals surface area (Å²) in [4.78, 5) is 12.1. The van der Waals surface area contributed by atoms with Gasteiger partial charge in [0.25, 0.3) is 0 Å². The predicted molar refractivity (Wildman–Crippen MR) is 46.3 cm³/mol. The van der Waals surface area contributed by atoms with Gasteiger partial charge < -0.3 is 0 Å². The Morgan fingerprint density at radius 3 is 2.82 bits per heavy atom. The monoisotopic (exact) mass is 164 g/mol. The van der Waals surface area contributed by atoms with Crippen LogP contribution in [0.5, 0.6) is 0 Å². The Labute approximate surface area is 70.8 Å². The third-order valence-electron chi connectivity index (χ3n) is 2.03. The highest BCUT2D eigenvalue weighted by Crippen LogP contribution is 2.26. The van der Waals surface area contributed by atoms with Crippen molar-refractivity contribution in [1.82, 2.24) is 0 Å². The molecule has 1 aliphatic rings. The lowest BCUT2D eigenvalue weighted by molar-refractivity contribution is 0.0992. The maximum atomic E-state index is 11.2. The van der Waals surface area contributed by atoms with E-state index in [1.807, 2.05) is 18.2 Å². The van der Waals surface area contributed by atoms with E-state index < -0.39 is 0 Å². The van der Waals surface area contributed by atoms with Crippen LogP contribution >= 0.6 is 12.6 Å². The maximum absolute atomic E-state index is 11.2. The Balaban J connectivity index is 2.68. The third-order valence-corrected chi connectivity index (χ3v) is 2.40. The smallest absolute Gasteiger partial charge is 0.164 e. The molecule has 0 saturated heterocycles. The Bertz CT molecular complexity index is 317. The van der Waals surface area contributed by atoms with E-state index in [-0.39, 0.29) is 5.78 Å². The molecular weight excluding hydrogens is 156 g/mol. The van der Waals surface area contributed by atoms with Crippen LogP contribution in [0.25, 0.3) is 0 Å². The number of rotatable bonds is 0. The molecule has 2 heteroatoms. The average Bonchev–Trinajstić information content (AvgIpc) is 2.34. The van der Waals surface area contributed by atoms with Gasteiger partial charge in [0.05, 0.1) is 0 Å². The number of fused-ring (bicyclic) bond motifs is 1. The van der Waals surface area contributed by atoms with Crippen LogP contribution in [0.2, 0.25) is 0 Å². The zero-order chi connectivity index (χ0) is 7.84. The molecule has 0 saturated carbocycles. The second-order valence-electron chi connectivity index (χ2n) is 2.73. The minimum Gasteiger partial charge on any atom is -0.294 e. The predicted octanol–water partition coefficient (Wildman–Crippen LogP) is 2.10. The highest BCUT2D eigenvalue weighted by molar-refractivity contribution is 7.80. The molecule has 0 aromatic heterocycles. The van der Waals surface area contributed by atoms with Gasteiger partial charge in [0.2, 0.25) is 0 Å². The Kier molecular flexibility index (Phi) is 1.50. The van der Waals surface area contributed by atoms with Crippen LogP contribution in [0.1, 0.15) is 22.3 Å². The second kappa shape index (κ2) is 2.38. The van der Waals surface area contributed by atoms with Gasteiger partial charge in [-0.2, -0.15) is 0 Å². The van der Waals surface area contributed by atoms with Crippen molar-refractivity contribution in [3.8, 4) is 0 Å². The van der Waals surface area contributed by atoms with Gasteiger partial charge >= 0.3 is 0 Å². The highest BCUT2D eigenvalue weighted by Gasteiger charge is 2.20. The summed E-state index contributed by atoms with van der Waals surface area (Å²) in [6.07, 6.45) is 1.55. The summed E-state index contributed by atoms with van der Waals surface area (Å²) in [5.41, 5.74) is 2.00. The van der Waals surface area contributed by atoms with Gasteiger partial charge in [-0.25, -0.2) is 0 Å². The molecule has 0 aliphatic heterocycles. The lowest BCUT2D eigenvalue weighted by atomic mass is 10.1. The van der Waals surface area contributed by atoms with Crippen molar-refractivity contribution in [2.24, 2.45) is 0 Å². The first-order valence-corrected chi connectivity index (χ1v) is 4.08. The number of carbonyl (C=O) groups is 1. The number of benzene rings is 1. The van der Waals surface area contributed by atoms with E-state index in [0.29, 0.717) is 6.42 Å². The first kappa shape index (κ1) is 6.92. The highest BCUT2D eigenvalue weighted by atomic mass is 32.1. The Morgan fingerprint density at radius 2 is 2.09 bits per heavy atom.